The van der Waals surface area contributed by atoms with Crippen LogP contribution in [-0.2, 0) is 10.0 Å². The van der Waals surface area contributed by atoms with E-state index in [-0.39, 0.29) is 12.0 Å². The zero-order chi connectivity index (χ0) is 15.3. The van der Waals surface area contributed by atoms with E-state index in [9.17, 15) is 8.42 Å². The van der Waals surface area contributed by atoms with Crippen LogP contribution in [0, 0.1) is 6.92 Å². The number of aryl methyl sites for hydroxylation is 1. The van der Waals surface area contributed by atoms with E-state index in [1.807, 2.05) is 31.2 Å². The van der Waals surface area contributed by atoms with E-state index in [0.717, 1.165) is 5.56 Å². The molecule has 0 saturated carbocycles. The summed E-state index contributed by atoms with van der Waals surface area (Å²) in [6.07, 6.45) is 4.22. The van der Waals surface area contributed by atoms with Crippen LogP contribution in [0.3, 0.4) is 0 Å². The van der Waals surface area contributed by atoms with Gasteiger partial charge in [0.15, 0.2) is 0 Å². The Labute approximate surface area is 130 Å². The van der Waals surface area contributed by atoms with Gasteiger partial charge >= 0.3 is 0 Å². The third-order valence-electron chi connectivity index (χ3n) is 4.48. The van der Waals surface area contributed by atoms with Crippen molar-refractivity contribution in [2.24, 2.45) is 0 Å². The lowest BCUT2D eigenvalue weighted by atomic mass is 9.98. The molecule has 4 rings (SSSR count). The quantitative estimate of drug-likeness (QED) is 0.816. The summed E-state index contributed by atoms with van der Waals surface area (Å²) in [5.41, 5.74) is 3.50. The third kappa shape index (κ3) is 2.11. The van der Waals surface area contributed by atoms with E-state index in [1.54, 1.807) is 16.4 Å². The number of sulfonamides is 1. The van der Waals surface area contributed by atoms with Crippen LogP contribution in [0.4, 0.5) is 0 Å². The van der Waals surface area contributed by atoms with Crippen molar-refractivity contribution >= 4 is 16.1 Å². The molecule has 2 aliphatic rings. The number of rotatable bonds is 3. The average molecular weight is 311 g/mol. The van der Waals surface area contributed by atoms with Crippen LogP contribution in [0.25, 0.3) is 6.08 Å². The molecule has 2 aromatic carbocycles. The highest BCUT2D eigenvalue weighted by atomic mass is 32.2. The first-order chi connectivity index (χ1) is 10.6. The number of hydrogen-bond donors (Lipinski definition) is 0. The van der Waals surface area contributed by atoms with E-state index in [2.05, 4.69) is 24.3 Å². The van der Waals surface area contributed by atoms with E-state index >= 15 is 0 Å². The first-order valence-electron chi connectivity index (χ1n) is 7.43. The molecule has 3 nitrogen and oxygen atoms in total. The Hall–Kier alpha value is -1.91. The minimum absolute atomic E-state index is 0.0474. The van der Waals surface area contributed by atoms with Crippen molar-refractivity contribution < 1.29 is 8.42 Å². The van der Waals surface area contributed by atoms with Crippen molar-refractivity contribution in [1.29, 1.82) is 0 Å². The van der Waals surface area contributed by atoms with Gasteiger partial charge in [-0.1, -0.05) is 54.1 Å². The van der Waals surface area contributed by atoms with Gasteiger partial charge in [-0.15, -0.1) is 0 Å². The standard InChI is InChI=1S/C18H17NO2S/c1-13-6-9-15(10-7-13)22(20,21)19-12-18(19)17-11-8-14-4-2-3-5-16(14)17/h2-11,17-18H,12H2,1H3/t17-,18-,19?/m0/s1. The fourth-order valence-corrected chi connectivity index (χ4v) is 4.75. The number of fused-ring (bicyclic) bond motifs is 1. The van der Waals surface area contributed by atoms with Crippen LogP contribution < -0.4 is 0 Å². The summed E-state index contributed by atoms with van der Waals surface area (Å²) in [4.78, 5) is 0.385. The normalized spacial score (nSPS) is 26.0. The molecule has 0 amide bonds. The molecular formula is C18H17NO2S. The molecular weight excluding hydrogens is 294 g/mol. The fourth-order valence-electron chi connectivity index (χ4n) is 3.16. The molecule has 1 saturated heterocycles. The molecule has 1 unspecified atom stereocenters. The van der Waals surface area contributed by atoms with Gasteiger partial charge in [0, 0.05) is 18.5 Å². The van der Waals surface area contributed by atoms with Crippen LogP contribution in [0.1, 0.15) is 22.6 Å². The van der Waals surface area contributed by atoms with Gasteiger partial charge in [0.25, 0.3) is 0 Å². The number of nitrogens with zero attached hydrogens (tertiary/aromatic N) is 1. The van der Waals surface area contributed by atoms with Crippen molar-refractivity contribution in [2.45, 2.75) is 23.8 Å². The fraction of sp³-hybridized carbons (Fsp3) is 0.222. The van der Waals surface area contributed by atoms with Gasteiger partial charge in [0.2, 0.25) is 10.0 Å². The van der Waals surface area contributed by atoms with E-state index in [0.29, 0.717) is 11.4 Å². The van der Waals surface area contributed by atoms with Crippen molar-refractivity contribution in [2.75, 3.05) is 6.54 Å². The monoisotopic (exact) mass is 311 g/mol. The molecule has 2 aromatic rings. The Morgan fingerprint density at radius 2 is 1.77 bits per heavy atom. The summed E-state index contributed by atoms with van der Waals surface area (Å²) in [6, 6.07) is 15.3. The zero-order valence-corrected chi connectivity index (χ0v) is 13.1. The van der Waals surface area contributed by atoms with Crippen LogP contribution in [0.5, 0.6) is 0 Å². The van der Waals surface area contributed by atoms with Crippen LogP contribution >= 0.6 is 0 Å². The minimum atomic E-state index is -3.37. The van der Waals surface area contributed by atoms with Crippen molar-refractivity contribution in [3.63, 3.8) is 0 Å². The Morgan fingerprint density at radius 1 is 1.05 bits per heavy atom. The maximum absolute atomic E-state index is 12.7. The first kappa shape index (κ1) is 13.7. The minimum Gasteiger partial charge on any atom is -0.207 e. The summed E-state index contributed by atoms with van der Waals surface area (Å²) in [7, 11) is -3.37. The Kier molecular flexibility index (Phi) is 2.99. The molecule has 1 aliphatic carbocycles. The molecule has 0 bridgehead atoms. The summed E-state index contributed by atoms with van der Waals surface area (Å²) < 4.78 is 27.0. The highest BCUT2D eigenvalue weighted by Gasteiger charge is 2.49. The largest absolute Gasteiger partial charge is 0.243 e. The van der Waals surface area contributed by atoms with Crippen LogP contribution in [-0.4, -0.2) is 25.3 Å². The van der Waals surface area contributed by atoms with Gasteiger partial charge in [-0.3, -0.25) is 0 Å². The highest BCUT2D eigenvalue weighted by molar-refractivity contribution is 7.89. The molecule has 112 valence electrons. The van der Waals surface area contributed by atoms with Gasteiger partial charge in [0.05, 0.1) is 4.90 Å². The highest BCUT2D eigenvalue weighted by Crippen LogP contribution is 2.42. The van der Waals surface area contributed by atoms with Crippen LogP contribution in [0.15, 0.2) is 59.5 Å². The zero-order valence-electron chi connectivity index (χ0n) is 12.3. The molecule has 1 aliphatic heterocycles. The Morgan fingerprint density at radius 3 is 2.55 bits per heavy atom. The first-order valence-corrected chi connectivity index (χ1v) is 8.87. The van der Waals surface area contributed by atoms with Gasteiger partial charge in [-0.2, -0.15) is 4.31 Å². The lowest BCUT2D eigenvalue weighted by Gasteiger charge is -2.12. The van der Waals surface area contributed by atoms with E-state index in [1.165, 1.54) is 11.1 Å². The maximum atomic E-state index is 12.7. The SMILES string of the molecule is Cc1ccc(S(=O)(=O)N2C[C@H]2[C@H]2C=Cc3ccccc32)cc1. The molecule has 22 heavy (non-hydrogen) atoms. The molecule has 3 atom stereocenters. The molecule has 1 fully saturated rings. The second-order valence-corrected chi connectivity index (χ2v) is 7.86. The molecule has 0 radical (unpaired) electrons. The second-order valence-electron chi connectivity index (χ2n) is 5.97. The molecule has 0 N–H and O–H groups in total. The van der Waals surface area contributed by atoms with Gasteiger partial charge in [0.1, 0.15) is 0 Å². The molecule has 0 spiro atoms. The van der Waals surface area contributed by atoms with Gasteiger partial charge < -0.3 is 0 Å². The van der Waals surface area contributed by atoms with Gasteiger partial charge in [-0.05, 0) is 30.2 Å². The smallest absolute Gasteiger partial charge is 0.207 e. The van der Waals surface area contributed by atoms with Crippen LogP contribution in [0.2, 0.25) is 0 Å². The lowest BCUT2D eigenvalue weighted by Crippen LogP contribution is -2.17. The summed E-state index contributed by atoms with van der Waals surface area (Å²) in [6.45, 7) is 2.55. The predicted molar refractivity (Wildman–Crippen MR) is 87.1 cm³/mol. The number of benzene rings is 2. The molecule has 4 heteroatoms. The average Bonchev–Trinajstić information content (AvgIpc) is 3.21. The Balaban J connectivity index is 1.60. The summed E-state index contributed by atoms with van der Waals surface area (Å²) >= 11 is 0. The van der Waals surface area contributed by atoms with Crippen molar-refractivity contribution in [3.05, 3.63) is 71.3 Å². The van der Waals surface area contributed by atoms with E-state index < -0.39 is 10.0 Å². The summed E-state index contributed by atoms with van der Waals surface area (Å²) in [5, 5.41) is 0. The van der Waals surface area contributed by atoms with Gasteiger partial charge in [-0.25, -0.2) is 8.42 Å². The van der Waals surface area contributed by atoms with Crippen molar-refractivity contribution in [1.82, 2.24) is 4.31 Å². The maximum Gasteiger partial charge on any atom is 0.243 e. The third-order valence-corrected chi connectivity index (χ3v) is 6.39. The summed E-state index contributed by atoms with van der Waals surface area (Å²) in [5.74, 6) is 0.177. The molecule has 1 heterocycles. The number of hydrogen-bond acceptors (Lipinski definition) is 2. The second kappa shape index (κ2) is 4.80. The molecule has 0 aromatic heterocycles. The van der Waals surface area contributed by atoms with E-state index in [4.69, 9.17) is 0 Å². The topological polar surface area (TPSA) is 37.1 Å². The van der Waals surface area contributed by atoms with Crippen molar-refractivity contribution in [3.8, 4) is 0 Å². The lowest BCUT2D eigenvalue weighted by molar-refractivity contribution is 0.546. The predicted octanol–water partition coefficient (Wildman–Crippen LogP) is 3.18. The Bertz CT molecular complexity index is 853.